The summed E-state index contributed by atoms with van der Waals surface area (Å²) in [5.41, 5.74) is 2.17. The molecule has 3 aromatic rings. The first kappa shape index (κ1) is 22.0. The molecule has 1 aliphatic rings. The van der Waals surface area contributed by atoms with Crippen molar-refractivity contribution in [2.75, 3.05) is 31.0 Å². The van der Waals surface area contributed by atoms with Crippen LogP contribution in [0.5, 0.6) is 17.2 Å². The number of nitrogens with zero attached hydrogens (tertiary/aromatic N) is 1. The number of hydrogen-bond donors (Lipinski definition) is 1. The highest BCUT2D eigenvalue weighted by atomic mass is 16.5. The minimum absolute atomic E-state index is 0.192. The van der Waals surface area contributed by atoms with Crippen LogP contribution in [-0.4, -0.2) is 32.6 Å². The molecule has 2 amide bonds. The Labute approximate surface area is 192 Å². The zero-order chi connectivity index (χ0) is 23.4. The van der Waals surface area contributed by atoms with E-state index in [1.54, 1.807) is 87.0 Å². The number of anilines is 2. The summed E-state index contributed by atoms with van der Waals surface area (Å²) in [5, 5.41) is 3.14. The second-order valence-corrected chi connectivity index (χ2v) is 7.21. The summed E-state index contributed by atoms with van der Waals surface area (Å²) in [6, 6.07) is 21.1. The molecule has 1 N–H and O–H groups in total. The zero-order valence-corrected chi connectivity index (χ0v) is 18.6. The van der Waals surface area contributed by atoms with Gasteiger partial charge in [0, 0.05) is 11.8 Å². The van der Waals surface area contributed by atoms with Gasteiger partial charge in [-0.25, -0.2) is 4.90 Å². The summed E-state index contributed by atoms with van der Waals surface area (Å²) >= 11 is 0. The fourth-order valence-electron chi connectivity index (χ4n) is 3.60. The van der Waals surface area contributed by atoms with E-state index in [9.17, 15) is 9.59 Å². The van der Waals surface area contributed by atoms with Gasteiger partial charge in [-0.1, -0.05) is 18.2 Å². The topological polar surface area (TPSA) is 77.1 Å². The molecule has 1 aliphatic heterocycles. The van der Waals surface area contributed by atoms with E-state index in [1.165, 1.54) is 0 Å². The van der Waals surface area contributed by atoms with Crippen molar-refractivity contribution < 1.29 is 23.8 Å². The van der Waals surface area contributed by atoms with Crippen LogP contribution in [0.4, 0.5) is 11.4 Å². The monoisotopic (exact) mass is 444 g/mol. The number of benzene rings is 3. The molecule has 33 heavy (non-hydrogen) atoms. The van der Waals surface area contributed by atoms with Crippen molar-refractivity contribution in [3.8, 4) is 17.2 Å². The number of carbonyl (C=O) groups excluding carboxylic acids is 2. The van der Waals surface area contributed by atoms with Crippen LogP contribution in [0.25, 0.3) is 5.57 Å². The van der Waals surface area contributed by atoms with Gasteiger partial charge in [0.05, 0.1) is 32.1 Å². The standard InChI is InChI=1S/C26H24N2O5/c1-4-33-22-7-5-6-19(16-22)28-25(29)23(17-8-12-20(31-2)13-9-17)24(26(28)30)27-18-10-14-21(32-3)15-11-18/h5-16,27H,4H2,1-3H3. The van der Waals surface area contributed by atoms with Crippen LogP contribution in [-0.2, 0) is 9.59 Å². The van der Waals surface area contributed by atoms with E-state index >= 15 is 0 Å². The molecule has 0 saturated heterocycles. The van der Waals surface area contributed by atoms with Crippen LogP contribution in [0.2, 0.25) is 0 Å². The van der Waals surface area contributed by atoms with Crippen molar-refractivity contribution in [1.82, 2.24) is 0 Å². The van der Waals surface area contributed by atoms with E-state index in [0.29, 0.717) is 40.8 Å². The minimum Gasteiger partial charge on any atom is -0.497 e. The molecular weight excluding hydrogens is 420 g/mol. The first-order valence-corrected chi connectivity index (χ1v) is 10.5. The third kappa shape index (κ3) is 4.39. The van der Waals surface area contributed by atoms with E-state index in [-0.39, 0.29) is 11.3 Å². The van der Waals surface area contributed by atoms with E-state index < -0.39 is 11.8 Å². The van der Waals surface area contributed by atoms with Crippen LogP contribution in [0.15, 0.2) is 78.5 Å². The second kappa shape index (κ2) is 9.48. The highest BCUT2D eigenvalue weighted by molar-refractivity contribution is 6.46. The third-order valence-corrected chi connectivity index (χ3v) is 5.21. The fourth-order valence-corrected chi connectivity index (χ4v) is 3.60. The number of nitrogens with one attached hydrogen (secondary N) is 1. The lowest BCUT2D eigenvalue weighted by Crippen LogP contribution is -2.32. The molecule has 0 atom stereocenters. The summed E-state index contributed by atoms with van der Waals surface area (Å²) in [5.74, 6) is 1.05. The highest BCUT2D eigenvalue weighted by Gasteiger charge is 2.40. The van der Waals surface area contributed by atoms with Crippen molar-refractivity contribution in [2.24, 2.45) is 0 Å². The first-order chi connectivity index (χ1) is 16.0. The molecule has 3 aromatic carbocycles. The van der Waals surface area contributed by atoms with Gasteiger partial charge in [-0.15, -0.1) is 0 Å². The number of imide groups is 1. The lowest BCUT2D eigenvalue weighted by molar-refractivity contribution is -0.120. The average Bonchev–Trinajstić information content (AvgIpc) is 3.09. The van der Waals surface area contributed by atoms with Crippen LogP contribution in [0, 0.1) is 0 Å². The van der Waals surface area contributed by atoms with Gasteiger partial charge in [-0.3, -0.25) is 9.59 Å². The molecule has 0 fully saturated rings. The highest BCUT2D eigenvalue weighted by Crippen LogP contribution is 2.35. The maximum Gasteiger partial charge on any atom is 0.282 e. The molecule has 1 heterocycles. The minimum atomic E-state index is -0.449. The first-order valence-electron chi connectivity index (χ1n) is 10.5. The molecular formula is C26H24N2O5. The normalized spacial score (nSPS) is 13.4. The van der Waals surface area contributed by atoms with Gasteiger partial charge in [-0.2, -0.15) is 0 Å². The molecule has 4 rings (SSSR count). The van der Waals surface area contributed by atoms with Gasteiger partial charge in [-0.05, 0) is 61.0 Å². The van der Waals surface area contributed by atoms with Gasteiger partial charge < -0.3 is 19.5 Å². The van der Waals surface area contributed by atoms with E-state index in [4.69, 9.17) is 14.2 Å². The molecule has 0 saturated carbocycles. The number of carbonyl (C=O) groups is 2. The molecule has 0 aliphatic carbocycles. The van der Waals surface area contributed by atoms with Crippen molar-refractivity contribution in [2.45, 2.75) is 6.92 Å². The van der Waals surface area contributed by atoms with Crippen molar-refractivity contribution in [3.05, 3.63) is 84.1 Å². The van der Waals surface area contributed by atoms with E-state index in [1.807, 2.05) is 6.92 Å². The number of rotatable bonds is 8. The number of amides is 2. The van der Waals surface area contributed by atoms with E-state index in [2.05, 4.69) is 5.32 Å². The van der Waals surface area contributed by atoms with Gasteiger partial charge >= 0.3 is 0 Å². The van der Waals surface area contributed by atoms with Gasteiger partial charge in [0.1, 0.15) is 22.9 Å². The van der Waals surface area contributed by atoms with Crippen LogP contribution in [0.1, 0.15) is 12.5 Å². The van der Waals surface area contributed by atoms with Crippen LogP contribution >= 0.6 is 0 Å². The van der Waals surface area contributed by atoms with Gasteiger partial charge in [0.25, 0.3) is 11.8 Å². The predicted octanol–water partition coefficient (Wildman–Crippen LogP) is 4.50. The molecule has 0 aromatic heterocycles. The molecule has 7 nitrogen and oxygen atoms in total. The number of ether oxygens (including phenoxy) is 3. The molecule has 0 bridgehead atoms. The quantitative estimate of drug-likeness (QED) is 0.516. The van der Waals surface area contributed by atoms with Gasteiger partial charge in [0.2, 0.25) is 0 Å². The molecule has 168 valence electrons. The average molecular weight is 444 g/mol. The Kier molecular flexibility index (Phi) is 6.31. The van der Waals surface area contributed by atoms with Crippen molar-refractivity contribution in [1.29, 1.82) is 0 Å². The Morgan fingerprint density at radius 2 is 1.42 bits per heavy atom. The molecule has 0 spiro atoms. The van der Waals surface area contributed by atoms with E-state index in [0.717, 1.165) is 4.90 Å². The Hall–Kier alpha value is -4.26. The van der Waals surface area contributed by atoms with Gasteiger partial charge in [0.15, 0.2) is 0 Å². The summed E-state index contributed by atoms with van der Waals surface area (Å²) in [4.78, 5) is 28.2. The van der Waals surface area contributed by atoms with Crippen molar-refractivity contribution >= 4 is 28.8 Å². The molecule has 0 radical (unpaired) electrons. The lowest BCUT2D eigenvalue weighted by atomic mass is 10.0. The van der Waals surface area contributed by atoms with Crippen molar-refractivity contribution in [3.63, 3.8) is 0 Å². The number of methoxy groups -OCH3 is 2. The number of hydrogen-bond acceptors (Lipinski definition) is 6. The Morgan fingerprint density at radius 3 is 2.03 bits per heavy atom. The summed E-state index contributed by atoms with van der Waals surface area (Å²) in [7, 11) is 3.16. The molecule has 7 heteroatoms. The smallest absolute Gasteiger partial charge is 0.282 e. The maximum atomic E-state index is 13.6. The third-order valence-electron chi connectivity index (χ3n) is 5.21. The summed E-state index contributed by atoms with van der Waals surface area (Å²) < 4.78 is 16.0. The molecule has 0 unspecified atom stereocenters. The summed E-state index contributed by atoms with van der Waals surface area (Å²) in [6.07, 6.45) is 0. The Bertz CT molecular complexity index is 1200. The fraction of sp³-hybridized carbons (Fsp3) is 0.154. The Balaban J connectivity index is 1.77. The van der Waals surface area contributed by atoms with Crippen LogP contribution in [0.3, 0.4) is 0 Å². The summed E-state index contributed by atoms with van der Waals surface area (Å²) in [6.45, 7) is 2.35. The maximum absolute atomic E-state index is 13.6. The zero-order valence-electron chi connectivity index (χ0n) is 18.6. The van der Waals surface area contributed by atoms with Crippen LogP contribution < -0.4 is 24.4 Å². The Morgan fingerprint density at radius 1 is 0.788 bits per heavy atom. The predicted molar refractivity (Wildman–Crippen MR) is 127 cm³/mol. The largest absolute Gasteiger partial charge is 0.497 e. The second-order valence-electron chi connectivity index (χ2n) is 7.21. The SMILES string of the molecule is CCOc1cccc(N2C(=O)C(Nc3ccc(OC)cc3)=C(c3ccc(OC)cc3)C2=O)c1. The lowest BCUT2D eigenvalue weighted by Gasteiger charge is -2.16.